The van der Waals surface area contributed by atoms with Crippen LogP contribution in [0.4, 0.5) is 5.69 Å². The van der Waals surface area contributed by atoms with Gasteiger partial charge in [0, 0.05) is 10.7 Å². The lowest BCUT2D eigenvalue weighted by Crippen LogP contribution is -2.32. The van der Waals surface area contributed by atoms with E-state index in [1.54, 1.807) is 6.07 Å². The molecule has 1 amide bonds. The van der Waals surface area contributed by atoms with Crippen molar-refractivity contribution in [3.05, 3.63) is 59.1 Å². The summed E-state index contributed by atoms with van der Waals surface area (Å²) in [5.74, 6) is 0.508. The normalized spacial score (nSPS) is 11.8. The van der Waals surface area contributed by atoms with Crippen LogP contribution in [-0.2, 0) is 4.79 Å². The van der Waals surface area contributed by atoms with Crippen LogP contribution in [0, 0.1) is 6.92 Å². The number of rotatable bonds is 5. The molecule has 0 heterocycles. The highest BCUT2D eigenvalue weighted by Gasteiger charge is 2.19. The first kappa shape index (κ1) is 15.4. The molecule has 21 heavy (non-hydrogen) atoms. The summed E-state index contributed by atoms with van der Waals surface area (Å²) in [4.78, 5) is 12.3. The predicted octanol–water partition coefficient (Wildman–Crippen LogP) is 4.44. The van der Waals surface area contributed by atoms with Crippen LogP contribution < -0.4 is 10.1 Å². The summed E-state index contributed by atoms with van der Waals surface area (Å²) in [6.07, 6.45) is 0.0474. The van der Waals surface area contributed by atoms with Gasteiger partial charge < -0.3 is 10.1 Å². The molecule has 0 aliphatic heterocycles. The van der Waals surface area contributed by atoms with Crippen molar-refractivity contribution in [1.29, 1.82) is 0 Å². The van der Waals surface area contributed by atoms with Gasteiger partial charge in [0.2, 0.25) is 0 Å². The Labute approximate surface area is 129 Å². The Morgan fingerprint density at radius 1 is 1.19 bits per heavy atom. The third-order valence-electron chi connectivity index (χ3n) is 3.21. The number of hydrogen-bond donors (Lipinski definition) is 1. The molecular weight excluding hydrogens is 286 g/mol. The van der Waals surface area contributed by atoms with Crippen molar-refractivity contribution in [2.75, 3.05) is 5.32 Å². The predicted molar refractivity (Wildman–Crippen MR) is 86.0 cm³/mol. The Morgan fingerprint density at radius 2 is 1.90 bits per heavy atom. The second-order valence-electron chi connectivity index (χ2n) is 4.73. The molecule has 1 N–H and O–H groups in total. The number of amides is 1. The lowest BCUT2D eigenvalue weighted by molar-refractivity contribution is -0.122. The van der Waals surface area contributed by atoms with Crippen molar-refractivity contribution in [2.24, 2.45) is 0 Å². The fourth-order valence-electron chi connectivity index (χ4n) is 1.94. The van der Waals surface area contributed by atoms with Crippen LogP contribution in [0.2, 0.25) is 5.02 Å². The van der Waals surface area contributed by atoms with E-state index in [-0.39, 0.29) is 5.91 Å². The number of carbonyl (C=O) groups excluding carboxylic acids is 1. The minimum absolute atomic E-state index is 0.174. The minimum atomic E-state index is -0.536. The molecule has 0 saturated heterocycles. The Bertz CT molecular complexity index is 613. The molecule has 4 heteroatoms. The molecule has 0 aliphatic carbocycles. The van der Waals surface area contributed by atoms with Gasteiger partial charge in [-0.1, -0.05) is 42.8 Å². The molecule has 0 spiro atoms. The molecule has 2 rings (SSSR count). The van der Waals surface area contributed by atoms with Gasteiger partial charge in [0.25, 0.3) is 5.91 Å². The zero-order chi connectivity index (χ0) is 15.2. The van der Waals surface area contributed by atoms with E-state index in [0.29, 0.717) is 22.9 Å². The molecule has 0 saturated carbocycles. The second kappa shape index (κ2) is 7.14. The van der Waals surface area contributed by atoms with Crippen molar-refractivity contribution in [3.8, 4) is 5.75 Å². The van der Waals surface area contributed by atoms with Gasteiger partial charge in [-0.25, -0.2) is 0 Å². The van der Waals surface area contributed by atoms with Crippen LogP contribution >= 0.6 is 11.6 Å². The smallest absolute Gasteiger partial charge is 0.265 e. The van der Waals surface area contributed by atoms with E-state index in [0.717, 1.165) is 5.56 Å². The van der Waals surface area contributed by atoms with Crippen LogP contribution in [-0.4, -0.2) is 12.0 Å². The number of ether oxygens (including phenoxy) is 1. The van der Waals surface area contributed by atoms with Gasteiger partial charge in [0.15, 0.2) is 6.10 Å². The summed E-state index contributed by atoms with van der Waals surface area (Å²) in [5.41, 5.74) is 1.56. The molecule has 0 radical (unpaired) electrons. The second-order valence-corrected chi connectivity index (χ2v) is 5.14. The standard InChI is InChI=1S/C17H18ClNO2/c1-3-16(21-13-8-5-4-6-9-13)17(20)19-15-11-7-10-14(18)12(15)2/h4-11,16H,3H2,1-2H3,(H,19,20)/t16-/m1/s1. The first-order valence-corrected chi connectivity index (χ1v) is 7.27. The Kier molecular flexibility index (Phi) is 5.23. The van der Waals surface area contributed by atoms with E-state index in [9.17, 15) is 4.79 Å². The molecule has 110 valence electrons. The molecule has 0 aliphatic rings. The molecule has 1 atom stereocenters. The summed E-state index contributed by atoms with van der Waals surface area (Å²) in [7, 11) is 0. The highest BCUT2D eigenvalue weighted by atomic mass is 35.5. The van der Waals surface area contributed by atoms with E-state index in [1.807, 2.05) is 56.3 Å². The quantitative estimate of drug-likeness (QED) is 0.886. The number of benzene rings is 2. The van der Waals surface area contributed by atoms with Crippen molar-refractivity contribution >= 4 is 23.2 Å². The fourth-order valence-corrected chi connectivity index (χ4v) is 2.12. The summed E-state index contributed by atoms with van der Waals surface area (Å²) in [5, 5.41) is 3.50. The van der Waals surface area contributed by atoms with Gasteiger partial charge in [0.05, 0.1) is 0 Å². The van der Waals surface area contributed by atoms with Crippen LogP contribution in [0.5, 0.6) is 5.75 Å². The zero-order valence-electron chi connectivity index (χ0n) is 12.1. The number of para-hydroxylation sites is 1. The minimum Gasteiger partial charge on any atom is -0.481 e. The number of hydrogen-bond acceptors (Lipinski definition) is 2. The number of carbonyl (C=O) groups is 1. The maximum absolute atomic E-state index is 12.3. The van der Waals surface area contributed by atoms with Gasteiger partial charge >= 0.3 is 0 Å². The van der Waals surface area contributed by atoms with Crippen molar-refractivity contribution in [3.63, 3.8) is 0 Å². The third kappa shape index (κ3) is 3.99. The molecule has 2 aromatic carbocycles. The van der Waals surface area contributed by atoms with Gasteiger partial charge in [-0.2, -0.15) is 0 Å². The van der Waals surface area contributed by atoms with Crippen LogP contribution in [0.15, 0.2) is 48.5 Å². The maximum Gasteiger partial charge on any atom is 0.265 e. The fraction of sp³-hybridized carbons (Fsp3) is 0.235. The highest BCUT2D eigenvalue weighted by Crippen LogP contribution is 2.23. The van der Waals surface area contributed by atoms with Crippen molar-refractivity contribution < 1.29 is 9.53 Å². The topological polar surface area (TPSA) is 38.3 Å². The average molecular weight is 304 g/mol. The Balaban J connectivity index is 2.08. The number of halogens is 1. The van der Waals surface area contributed by atoms with Crippen LogP contribution in [0.25, 0.3) is 0 Å². The Morgan fingerprint density at radius 3 is 2.57 bits per heavy atom. The monoisotopic (exact) mass is 303 g/mol. The molecular formula is C17H18ClNO2. The van der Waals surface area contributed by atoms with Crippen molar-refractivity contribution in [2.45, 2.75) is 26.4 Å². The summed E-state index contributed by atoms with van der Waals surface area (Å²) < 4.78 is 5.72. The number of anilines is 1. The largest absolute Gasteiger partial charge is 0.481 e. The van der Waals surface area contributed by atoms with Gasteiger partial charge in [0.1, 0.15) is 5.75 Å². The molecule has 0 fully saturated rings. The van der Waals surface area contributed by atoms with Gasteiger partial charge in [-0.15, -0.1) is 0 Å². The van der Waals surface area contributed by atoms with Crippen LogP contribution in [0.3, 0.4) is 0 Å². The van der Waals surface area contributed by atoms with E-state index in [2.05, 4.69) is 5.32 Å². The molecule has 0 aromatic heterocycles. The first-order chi connectivity index (χ1) is 10.1. The third-order valence-corrected chi connectivity index (χ3v) is 3.62. The van der Waals surface area contributed by atoms with Crippen molar-refractivity contribution in [1.82, 2.24) is 0 Å². The van der Waals surface area contributed by atoms with Gasteiger partial charge in [-0.3, -0.25) is 4.79 Å². The highest BCUT2D eigenvalue weighted by molar-refractivity contribution is 6.31. The van der Waals surface area contributed by atoms with Crippen LogP contribution in [0.1, 0.15) is 18.9 Å². The summed E-state index contributed by atoms with van der Waals surface area (Å²) in [6.45, 7) is 3.79. The Hall–Kier alpha value is -2.00. The lowest BCUT2D eigenvalue weighted by atomic mass is 10.2. The SMILES string of the molecule is CC[C@@H](Oc1ccccc1)C(=O)Nc1cccc(Cl)c1C. The van der Waals surface area contributed by atoms with E-state index in [4.69, 9.17) is 16.3 Å². The first-order valence-electron chi connectivity index (χ1n) is 6.89. The molecule has 3 nitrogen and oxygen atoms in total. The molecule has 0 bridgehead atoms. The maximum atomic E-state index is 12.3. The summed E-state index contributed by atoms with van der Waals surface area (Å²) >= 11 is 6.06. The van der Waals surface area contributed by atoms with E-state index < -0.39 is 6.10 Å². The van der Waals surface area contributed by atoms with E-state index in [1.165, 1.54) is 0 Å². The molecule has 0 unspecified atom stereocenters. The average Bonchev–Trinajstić information content (AvgIpc) is 2.50. The zero-order valence-corrected chi connectivity index (χ0v) is 12.9. The molecule has 2 aromatic rings. The van der Waals surface area contributed by atoms with Gasteiger partial charge in [-0.05, 0) is 43.2 Å². The number of nitrogens with one attached hydrogen (secondary N) is 1. The summed E-state index contributed by atoms with van der Waals surface area (Å²) in [6, 6.07) is 14.8. The lowest BCUT2D eigenvalue weighted by Gasteiger charge is -2.18. The van der Waals surface area contributed by atoms with E-state index >= 15 is 0 Å².